The molecule has 0 bridgehead atoms. The van der Waals surface area contributed by atoms with Gasteiger partial charge in [0, 0.05) is 5.56 Å². The number of thiophene rings is 1. The second-order valence-electron chi connectivity index (χ2n) is 6.14. The van der Waals surface area contributed by atoms with E-state index in [1.54, 1.807) is 0 Å². The first-order valence-electron chi connectivity index (χ1n) is 7.84. The van der Waals surface area contributed by atoms with Crippen molar-refractivity contribution in [2.45, 2.75) is 37.7 Å². The van der Waals surface area contributed by atoms with Crippen molar-refractivity contribution < 1.29 is 9.53 Å². The van der Waals surface area contributed by atoms with Crippen LogP contribution in [0.15, 0.2) is 29.6 Å². The number of rotatable bonds is 1. The molecule has 1 fully saturated rings. The van der Waals surface area contributed by atoms with E-state index < -0.39 is 5.60 Å². The van der Waals surface area contributed by atoms with Crippen molar-refractivity contribution in [2.75, 3.05) is 5.32 Å². The van der Waals surface area contributed by atoms with E-state index in [9.17, 15) is 4.79 Å². The molecule has 1 aliphatic heterocycles. The quantitative estimate of drug-likeness (QED) is 0.802. The van der Waals surface area contributed by atoms with E-state index in [2.05, 4.69) is 17.5 Å². The number of fused-ring (bicyclic) bond motifs is 2. The number of anilines is 1. The van der Waals surface area contributed by atoms with Crippen molar-refractivity contribution in [1.82, 2.24) is 0 Å². The van der Waals surface area contributed by atoms with Gasteiger partial charge in [-0.05, 0) is 60.4 Å². The highest BCUT2D eigenvalue weighted by molar-refractivity contribution is 7.10. The van der Waals surface area contributed by atoms with Crippen LogP contribution in [0.2, 0.25) is 0 Å². The van der Waals surface area contributed by atoms with E-state index in [1.165, 1.54) is 17.8 Å². The Morgan fingerprint density at radius 1 is 1.17 bits per heavy atom. The molecule has 1 spiro atoms. The molecule has 1 saturated carbocycles. The highest BCUT2D eigenvalue weighted by atomic mass is 32.1. The molecule has 0 radical (unpaired) electrons. The molecule has 4 rings (SSSR count). The number of hydrogen-bond acceptors (Lipinski definition) is 4. The summed E-state index contributed by atoms with van der Waals surface area (Å²) in [7, 11) is 0. The maximum absolute atomic E-state index is 11.9. The first-order chi connectivity index (χ1) is 11.2. The van der Waals surface area contributed by atoms with Crippen LogP contribution in [0.3, 0.4) is 0 Å². The monoisotopic (exact) mass is 324 g/mol. The fraction of sp³-hybridized carbons (Fsp3) is 0.333. The number of nitrogens with zero attached hydrogens (tertiary/aromatic N) is 1. The SMILES string of the molecule is N#Cc1cc(-c2ccc3c(c2)C2(CCCCC2)OC(=O)N3)cs1. The maximum atomic E-state index is 11.9. The second-order valence-corrected chi connectivity index (χ2v) is 7.05. The second kappa shape index (κ2) is 5.39. The van der Waals surface area contributed by atoms with Crippen LogP contribution in [0.4, 0.5) is 10.5 Å². The average Bonchev–Trinajstić information content (AvgIpc) is 3.04. The molecule has 116 valence electrons. The minimum absolute atomic E-state index is 0.352. The molecule has 2 heterocycles. The van der Waals surface area contributed by atoms with E-state index in [4.69, 9.17) is 10.00 Å². The van der Waals surface area contributed by atoms with Crippen LogP contribution in [0.5, 0.6) is 0 Å². The van der Waals surface area contributed by atoms with E-state index in [0.29, 0.717) is 4.88 Å². The topological polar surface area (TPSA) is 62.1 Å². The predicted molar refractivity (Wildman–Crippen MR) is 89.3 cm³/mol. The number of carbonyl (C=O) groups excluding carboxylic acids is 1. The summed E-state index contributed by atoms with van der Waals surface area (Å²) in [5, 5.41) is 13.8. The van der Waals surface area contributed by atoms with E-state index in [-0.39, 0.29) is 6.09 Å². The Morgan fingerprint density at radius 2 is 2.00 bits per heavy atom. The summed E-state index contributed by atoms with van der Waals surface area (Å²) in [6.45, 7) is 0. The van der Waals surface area contributed by atoms with Gasteiger partial charge in [0.25, 0.3) is 0 Å². The fourth-order valence-corrected chi connectivity index (χ4v) is 4.32. The molecule has 23 heavy (non-hydrogen) atoms. The summed E-state index contributed by atoms with van der Waals surface area (Å²) in [6.07, 6.45) is 4.75. The van der Waals surface area contributed by atoms with Crippen molar-refractivity contribution in [3.63, 3.8) is 0 Å². The van der Waals surface area contributed by atoms with Crippen LogP contribution < -0.4 is 5.32 Å². The molecule has 4 nitrogen and oxygen atoms in total. The zero-order valence-electron chi connectivity index (χ0n) is 12.6. The van der Waals surface area contributed by atoms with Crippen LogP contribution in [0.1, 0.15) is 42.5 Å². The summed E-state index contributed by atoms with van der Waals surface area (Å²) in [4.78, 5) is 12.6. The molecule has 1 aromatic carbocycles. The number of carbonyl (C=O) groups is 1. The molecule has 1 aromatic heterocycles. The predicted octanol–water partition coefficient (Wildman–Crippen LogP) is 5.01. The van der Waals surface area contributed by atoms with Crippen molar-refractivity contribution in [1.29, 1.82) is 5.26 Å². The summed E-state index contributed by atoms with van der Waals surface area (Å²) < 4.78 is 5.76. The average molecular weight is 324 g/mol. The highest BCUT2D eigenvalue weighted by Gasteiger charge is 2.42. The van der Waals surface area contributed by atoms with Gasteiger partial charge in [-0.2, -0.15) is 5.26 Å². The molecule has 5 heteroatoms. The van der Waals surface area contributed by atoms with Crippen molar-refractivity contribution in [3.05, 3.63) is 40.1 Å². The zero-order chi connectivity index (χ0) is 15.9. The third-order valence-corrected chi connectivity index (χ3v) is 5.57. The van der Waals surface area contributed by atoms with Gasteiger partial charge in [0.1, 0.15) is 16.5 Å². The number of amides is 1. The van der Waals surface area contributed by atoms with Gasteiger partial charge in [-0.3, -0.25) is 5.32 Å². The smallest absolute Gasteiger partial charge is 0.412 e. The minimum Gasteiger partial charge on any atom is -0.438 e. The Labute approximate surface area is 138 Å². The van der Waals surface area contributed by atoms with Crippen LogP contribution in [0, 0.1) is 11.3 Å². The third kappa shape index (κ3) is 2.40. The molecule has 2 aliphatic rings. The molecule has 0 unspecified atom stereocenters. The number of benzene rings is 1. The standard InChI is InChI=1S/C18H16N2O2S/c19-10-14-8-13(11-23-14)12-4-5-16-15(9-12)18(22-17(21)20-16)6-2-1-3-7-18/h4-5,8-9,11H,1-3,6-7H2,(H,20,21). The van der Waals surface area contributed by atoms with Crippen LogP contribution >= 0.6 is 11.3 Å². The Morgan fingerprint density at radius 3 is 2.74 bits per heavy atom. The Kier molecular flexibility index (Phi) is 3.35. The first kappa shape index (κ1) is 14.3. The lowest BCUT2D eigenvalue weighted by Gasteiger charge is -2.41. The van der Waals surface area contributed by atoms with Gasteiger partial charge >= 0.3 is 6.09 Å². The van der Waals surface area contributed by atoms with Crippen LogP contribution in [-0.2, 0) is 10.3 Å². The van der Waals surface area contributed by atoms with Gasteiger partial charge in [0.2, 0.25) is 0 Å². The Hall–Kier alpha value is -2.32. The number of nitriles is 1. The Balaban J connectivity index is 1.81. The molecule has 0 saturated heterocycles. The summed E-state index contributed by atoms with van der Waals surface area (Å²) in [5.74, 6) is 0. The van der Waals surface area contributed by atoms with Crippen molar-refractivity contribution >= 4 is 23.1 Å². The number of hydrogen-bond donors (Lipinski definition) is 1. The van der Waals surface area contributed by atoms with E-state index in [1.807, 2.05) is 23.6 Å². The summed E-state index contributed by atoms with van der Waals surface area (Å²) in [6, 6.07) is 10.1. The first-order valence-corrected chi connectivity index (χ1v) is 8.72. The van der Waals surface area contributed by atoms with E-state index >= 15 is 0 Å². The molecule has 1 amide bonds. The third-order valence-electron chi connectivity index (χ3n) is 4.74. The lowest BCUT2D eigenvalue weighted by Crippen LogP contribution is -2.41. The molecular formula is C18H16N2O2S. The lowest BCUT2D eigenvalue weighted by atomic mass is 9.77. The van der Waals surface area contributed by atoms with E-state index in [0.717, 1.165) is 48.1 Å². The van der Waals surface area contributed by atoms with Gasteiger partial charge in [-0.15, -0.1) is 11.3 Å². The summed E-state index contributed by atoms with van der Waals surface area (Å²) in [5.41, 5.74) is 3.53. The van der Waals surface area contributed by atoms with Gasteiger partial charge in [-0.1, -0.05) is 12.5 Å². The molecule has 1 N–H and O–H groups in total. The maximum Gasteiger partial charge on any atom is 0.412 e. The molecule has 2 aromatic rings. The molecule has 1 aliphatic carbocycles. The van der Waals surface area contributed by atoms with Crippen molar-refractivity contribution in [3.8, 4) is 17.2 Å². The van der Waals surface area contributed by atoms with Gasteiger partial charge in [0.15, 0.2) is 0 Å². The number of nitrogens with one attached hydrogen (secondary N) is 1. The minimum atomic E-state index is -0.486. The summed E-state index contributed by atoms with van der Waals surface area (Å²) >= 11 is 1.45. The molecule has 0 atom stereocenters. The fourth-order valence-electron chi connectivity index (χ4n) is 3.62. The normalized spacial score (nSPS) is 18.7. The highest BCUT2D eigenvalue weighted by Crippen LogP contribution is 2.47. The zero-order valence-corrected chi connectivity index (χ0v) is 13.4. The molecular weight excluding hydrogens is 308 g/mol. The largest absolute Gasteiger partial charge is 0.438 e. The van der Waals surface area contributed by atoms with Gasteiger partial charge in [-0.25, -0.2) is 4.79 Å². The van der Waals surface area contributed by atoms with Crippen LogP contribution in [-0.4, -0.2) is 6.09 Å². The van der Waals surface area contributed by atoms with Crippen LogP contribution in [0.25, 0.3) is 11.1 Å². The van der Waals surface area contributed by atoms with Gasteiger partial charge < -0.3 is 4.74 Å². The lowest BCUT2D eigenvalue weighted by molar-refractivity contribution is -0.0179. The van der Waals surface area contributed by atoms with Crippen molar-refractivity contribution in [2.24, 2.45) is 0 Å². The van der Waals surface area contributed by atoms with Gasteiger partial charge in [0.05, 0.1) is 5.69 Å². The Bertz CT molecular complexity index is 813. The number of ether oxygens (including phenoxy) is 1.